The number of amides is 1. The van der Waals surface area contributed by atoms with Crippen LogP contribution in [0.15, 0.2) is 0 Å². The van der Waals surface area contributed by atoms with Crippen LogP contribution in [-0.2, 0) is 9.59 Å². The standard InChI is InChI=1S/C12H21NO3/c1-8-5-4-6-9(8)13-10(14)7-12(2,3)11(15)16/h8-9H,4-7H2,1-3H3,(H,13,14)(H,15,16). The van der Waals surface area contributed by atoms with E-state index < -0.39 is 11.4 Å². The summed E-state index contributed by atoms with van der Waals surface area (Å²) in [7, 11) is 0. The number of nitrogens with one attached hydrogen (secondary N) is 1. The topological polar surface area (TPSA) is 66.4 Å². The van der Waals surface area contributed by atoms with Gasteiger partial charge < -0.3 is 10.4 Å². The molecule has 4 nitrogen and oxygen atoms in total. The van der Waals surface area contributed by atoms with E-state index in [-0.39, 0.29) is 18.4 Å². The van der Waals surface area contributed by atoms with Gasteiger partial charge in [-0.15, -0.1) is 0 Å². The van der Waals surface area contributed by atoms with Gasteiger partial charge >= 0.3 is 5.97 Å². The van der Waals surface area contributed by atoms with Gasteiger partial charge in [-0.05, 0) is 32.6 Å². The lowest BCUT2D eigenvalue weighted by Crippen LogP contribution is -2.40. The molecule has 1 fully saturated rings. The van der Waals surface area contributed by atoms with Crippen molar-refractivity contribution in [1.82, 2.24) is 5.32 Å². The normalized spacial score (nSPS) is 25.4. The van der Waals surface area contributed by atoms with Crippen LogP contribution in [0.5, 0.6) is 0 Å². The SMILES string of the molecule is CC1CCCC1NC(=O)CC(C)(C)C(=O)O. The summed E-state index contributed by atoms with van der Waals surface area (Å²) in [5.74, 6) is -0.565. The fourth-order valence-corrected chi connectivity index (χ4v) is 2.09. The first-order chi connectivity index (χ1) is 7.33. The Balaban J connectivity index is 2.44. The van der Waals surface area contributed by atoms with Crippen LogP contribution in [0.3, 0.4) is 0 Å². The molecule has 0 radical (unpaired) electrons. The highest BCUT2D eigenvalue weighted by Gasteiger charge is 2.32. The van der Waals surface area contributed by atoms with Gasteiger partial charge in [0.25, 0.3) is 0 Å². The Morgan fingerprint density at radius 3 is 2.44 bits per heavy atom. The van der Waals surface area contributed by atoms with Crippen molar-refractivity contribution in [2.45, 2.75) is 52.5 Å². The third-order valence-electron chi connectivity index (χ3n) is 3.39. The molecular formula is C12H21NO3. The second-order valence-electron chi connectivity index (χ2n) is 5.45. The minimum absolute atomic E-state index is 0.0472. The molecule has 2 unspecified atom stereocenters. The summed E-state index contributed by atoms with van der Waals surface area (Å²) in [4.78, 5) is 22.6. The smallest absolute Gasteiger partial charge is 0.309 e. The summed E-state index contributed by atoms with van der Waals surface area (Å²) >= 11 is 0. The van der Waals surface area contributed by atoms with Crippen molar-refractivity contribution in [3.8, 4) is 0 Å². The van der Waals surface area contributed by atoms with Crippen LogP contribution in [-0.4, -0.2) is 23.0 Å². The average molecular weight is 227 g/mol. The lowest BCUT2D eigenvalue weighted by molar-refractivity contribution is -0.149. The number of carbonyl (C=O) groups excluding carboxylic acids is 1. The van der Waals surface area contributed by atoms with Gasteiger partial charge in [0.2, 0.25) is 5.91 Å². The highest BCUT2D eigenvalue weighted by molar-refractivity contribution is 5.84. The van der Waals surface area contributed by atoms with E-state index in [1.54, 1.807) is 13.8 Å². The molecule has 0 spiro atoms. The minimum atomic E-state index is -0.980. The van der Waals surface area contributed by atoms with Crippen LogP contribution in [0.25, 0.3) is 0 Å². The Labute approximate surface area is 96.4 Å². The van der Waals surface area contributed by atoms with Gasteiger partial charge in [-0.25, -0.2) is 0 Å². The summed E-state index contributed by atoms with van der Waals surface area (Å²) in [5.41, 5.74) is -0.980. The molecule has 2 N–H and O–H groups in total. The van der Waals surface area contributed by atoms with Crippen LogP contribution in [0, 0.1) is 11.3 Å². The zero-order chi connectivity index (χ0) is 12.3. The molecule has 1 aliphatic carbocycles. The molecule has 0 aliphatic heterocycles. The van der Waals surface area contributed by atoms with Gasteiger partial charge in [0.15, 0.2) is 0 Å². The summed E-state index contributed by atoms with van der Waals surface area (Å²) in [6, 6.07) is 0.233. The number of carboxylic acid groups (broad SMARTS) is 1. The molecule has 92 valence electrons. The third-order valence-corrected chi connectivity index (χ3v) is 3.39. The number of carboxylic acids is 1. The second-order valence-corrected chi connectivity index (χ2v) is 5.45. The van der Waals surface area contributed by atoms with Gasteiger partial charge in [0, 0.05) is 12.5 Å². The number of carbonyl (C=O) groups is 2. The van der Waals surface area contributed by atoms with Crippen LogP contribution >= 0.6 is 0 Å². The number of rotatable bonds is 4. The Kier molecular flexibility index (Phi) is 3.94. The van der Waals surface area contributed by atoms with E-state index >= 15 is 0 Å². The lowest BCUT2D eigenvalue weighted by Gasteiger charge is -2.22. The Hall–Kier alpha value is -1.06. The van der Waals surface area contributed by atoms with Crippen molar-refractivity contribution in [2.24, 2.45) is 11.3 Å². The zero-order valence-electron chi connectivity index (χ0n) is 10.2. The molecular weight excluding hydrogens is 206 g/mol. The number of hydrogen-bond acceptors (Lipinski definition) is 2. The molecule has 2 atom stereocenters. The summed E-state index contributed by atoms with van der Waals surface area (Å²) in [6.07, 6.45) is 3.35. The summed E-state index contributed by atoms with van der Waals surface area (Å²) in [6.45, 7) is 5.28. The van der Waals surface area contributed by atoms with Crippen LogP contribution in [0.4, 0.5) is 0 Å². The highest BCUT2D eigenvalue weighted by Crippen LogP contribution is 2.26. The summed E-state index contributed by atoms with van der Waals surface area (Å²) < 4.78 is 0. The fourth-order valence-electron chi connectivity index (χ4n) is 2.09. The predicted molar refractivity (Wildman–Crippen MR) is 61.0 cm³/mol. The molecule has 1 aliphatic rings. The Bertz CT molecular complexity index is 286. The fraction of sp³-hybridized carbons (Fsp3) is 0.833. The monoisotopic (exact) mass is 227 g/mol. The molecule has 1 saturated carbocycles. The van der Waals surface area contributed by atoms with E-state index in [4.69, 9.17) is 5.11 Å². The van der Waals surface area contributed by atoms with Crippen molar-refractivity contribution in [1.29, 1.82) is 0 Å². The van der Waals surface area contributed by atoms with Gasteiger partial charge in [0.05, 0.1) is 5.41 Å². The van der Waals surface area contributed by atoms with Crippen LogP contribution in [0.2, 0.25) is 0 Å². The van der Waals surface area contributed by atoms with Gasteiger partial charge in [-0.1, -0.05) is 13.3 Å². The van der Waals surface area contributed by atoms with E-state index in [2.05, 4.69) is 12.2 Å². The average Bonchev–Trinajstić information content (AvgIpc) is 2.50. The maximum Gasteiger partial charge on any atom is 0.309 e. The quantitative estimate of drug-likeness (QED) is 0.769. The van der Waals surface area contributed by atoms with Crippen molar-refractivity contribution >= 4 is 11.9 Å². The number of hydrogen-bond donors (Lipinski definition) is 2. The van der Waals surface area contributed by atoms with Gasteiger partial charge in [-0.2, -0.15) is 0 Å². The second kappa shape index (κ2) is 4.85. The molecule has 1 amide bonds. The van der Waals surface area contributed by atoms with Crippen LogP contribution in [0.1, 0.15) is 46.5 Å². The third kappa shape index (κ3) is 3.22. The van der Waals surface area contributed by atoms with Gasteiger partial charge in [-0.3, -0.25) is 9.59 Å². The molecule has 0 aromatic rings. The first-order valence-corrected chi connectivity index (χ1v) is 5.85. The molecule has 0 heterocycles. The molecule has 0 aromatic carbocycles. The van der Waals surface area contributed by atoms with E-state index in [9.17, 15) is 9.59 Å². The van der Waals surface area contributed by atoms with E-state index in [0.717, 1.165) is 19.3 Å². The maximum absolute atomic E-state index is 11.7. The Morgan fingerprint density at radius 1 is 1.38 bits per heavy atom. The molecule has 1 rings (SSSR count). The maximum atomic E-state index is 11.7. The van der Waals surface area contributed by atoms with Crippen molar-refractivity contribution in [2.75, 3.05) is 0 Å². The van der Waals surface area contributed by atoms with Crippen LogP contribution < -0.4 is 5.32 Å². The van der Waals surface area contributed by atoms with E-state index in [0.29, 0.717) is 5.92 Å². The first kappa shape index (κ1) is 13.0. The summed E-state index contributed by atoms with van der Waals surface area (Å²) in [5, 5.41) is 11.9. The number of aliphatic carboxylic acids is 1. The first-order valence-electron chi connectivity index (χ1n) is 5.85. The molecule has 0 saturated heterocycles. The Morgan fingerprint density at radius 2 is 2.00 bits per heavy atom. The van der Waals surface area contributed by atoms with E-state index in [1.807, 2.05) is 0 Å². The predicted octanol–water partition coefficient (Wildman–Crippen LogP) is 1.79. The lowest BCUT2D eigenvalue weighted by atomic mass is 9.89. The van der Waals surface area contributed by atoms with E-state index in [1.165, 1.54) is 0 Å². The molecule has 0 aromatic heterocycles. The molecule has 16 heavy (non-hydrogen) atoms. The van der Waals surface area contributed by atoms with Crippen molar-refractivity contribution in [3.63, 3.8) is 0 Å². The molecule has 0 bridgehead atoms. The molecule has 4 heteroatoms. The zero-order valence-corrected chi connectivity index (χ0v) is 10.2. The van der Waals surface area contributed by atoms with Crippen molar-refractivity contribution < 1.29 is 14.7 Å². The highest BCUT2D eigenvalue weighted by atomic mass is 16.4. The van der Waals surface area contributed by atoms with Gasteiger partial charge in [0.1, 0.15) is 0 Å². The minimum Gasteiger partial charge on any atom is -0.481 e. The van der Waals surface area contributed by atoms with Crippen molar-refractivity contribution in [3.05, 3.63) is 0 Å². The largest absolute Gasteiger partial charge is 0.481 e.